The summed E-state index contributed by atoms with van der Waals surface area (Å²) in [6.07, 6.45) is 18.0. The number of benzene rings is 1. The molecule has 0 saturated carbocycles. The summed E-state index contributed by atoms with van der Waals surface area (Å²) in [7, 11) is 7.54. The van der Waals surface area contributed by atoms with Crippen molar-refractivity contribution >= 4 is 53.2 Å². The lowest BCUT2D eigenvalue weighted by atomic mass is 9.78. The van der Waals surface area contributed by atoms with Gasteiger partial charge in [-0.2, -0.15) is 25.5 Å². The summed E-state index contributed by atoms with van der Waals surface area (Å²) in [5, 5.41) is 68.0. The average molecular weight is 1440 g/mol. The van der Waals surface area contributed by atoms with E-state index in [1.165, 1.54) is 59.3 Å². The van der Waals surface area contributed by atoms with Crippen molar-refractivity contribution in [3.8, 4) is 55.6 Å². The number of aliphatic hydroxyl groups is 3. The Kier molecular flexibility index (Phi) is 25.4. The Morgan fingerprint density at radius 1 is 0.596 bits per heavy atom. The lowest BCUT2D eigenvalue weighted by Crippen LogP contribution is -2.41. The Balaban J connectivity index is 0.000000158. The third-order valence-corrected chi connectivity index (χ3v) is 18.0. The Bertz CT molecular complexity index is 4840. The molecule has 1 unspecified atom stereocenters. The minimum atomic E-state index is -1.03. The largest absolute Gasteiger partial charge is 0.498 e. The van der Waals surface area contributed by atoms with Crippen LogP contribution in [0.5, 0.6) is 0 Å². The highest BCUT2D eigenvalue weighted by Crippen LogP contribution is 2.37. The second-order valence-electron chi connectivity index (χ2n) is 26.3. The molecular formula is C71H84BFN18O12S. The number of aromatic carboxylic acids is 2. The van der Waals surface area contributed by atoms with Crippen molar-refractivity contribution in [2.24, 2.45) is 41.0 Å². The smallest absolute Gasteiger partial charge is 0.477 e. The van der Waals surface area contributed by atoms with E-state index in [1.54, 1.807) is 90.7 Å². The molecule has 104 heavy (non-hydrogen) atoms. The van der Waals surface area contributed by atoms with E-state index < -0.39 is 55.9 Å². The van der Waals surface area contributed by atoms with Crippen molar-refractivity contribution < 1.29 is 63.2 Å². The van der Waals surface area contributed by atoms with Gasteiger partial charge in [0, 0.05) is 113 Å². The first-order valence-corrected chi connectivity index (χ1v) is 33.5. The number of hydrogen-bond acceptors (Lipinski definition) is 23. The molecule has 1 atom stereocenters. The van der Waals surface area contributed by atoms with Crippen LogP contribution < -0.4 is 11.2 Å². The van der Waals surface area contributed by atoms with Crippen LogP contribution in [0.3, 0.4) is 0 Å². The Hall–Kier alpha value is -10.8. The van der Waals surface area contributed by atoms with E-state index in [-0.39, 0.29) is 40.2 Å². The van der Waals surface area contributed by atoms with Crippen molar-refractivity contribution in [3.63, 3.8) is 0 Å². The lowest BCUT2D eigenvalue weighted by Gasteiger charge is -2.32. The van der Waals surface area contributed by atoms with E-state index in [0.29, 0.717) is 56.2 Å². The molecule has 0 spiro atoms. The molecule has 1 fully saturated rings. The third kappa shape index (κ3) is 18.3. The number of carbonyl (C=O) groups excluding carboxylic acids is 3. The van der Waals surface area contributed by atoms with Gasteiger partial charge in [0.15, 0.2) is 11.4 Å². The monoisotopic (exact) mass is 1440 g/mol. The van der Waals surface area contributed by atoms with Crippen LogP contribution in [0, 0.1) is 26.6 Å². The summed E-state index contributed by atoms with van der Waals surface area (Å²) in [6.45, 7) is 19.0. The number of thiazole rings is 1. The maximum absolute atomic E-state index is 12.8. The summed E-state index contributed by atoms with van der Waals surface area (Å²) >= 11 is 1.49. The second-order valence-corrected chi connectivity index (χ2v) is 27.2. The number of ketones is 3. The number of carboxylic acid groups (broad SMARTS) is 2. The molecule has 1 aromatic carbocycles. The first kappa shape index (κ1) is 78.9. The zero-order valence-electron chi connectivity index (χ0n) is 60.4. The van der Waals surface area contributed by atoms with E-state index in [2.05, 4.69) is 80.7 Å². The number of imidazole rings is 1. The molecular weight excluding hydrogens is 1360 g/mol. The van der Waals surface area contributed by atoms with Gasteiger partial charge in [0.2, 0.25) is 17.3 Å². The number of aromatic nitrogens is 17. The first-order valence-electron chi connectivity index (χ1n) is 32.6. The molecule has 13 rings (SSSR count). The summed E-state index contributed by atoms with van der Waals surface area (Å²) in [5.74, 6) is -2.32. The molecule has 0 aliphatic carbocycles. The van der Waals surface area contributed by atoms with E-state index in [4.69, 9.17) is 40.6 Å². The highest BCUT2D eigenvalue weighted by atomic mass is 32.1. The van der Waals surface area contributed by atoms with Gasteiger partial charge in [-0.3, -0.25) is 57.7 Å². The fourth-order valence-corrected chi connectivity index (χ4v) is 11.9. The number of hydrogen-bond donors (Lipinski definition) is 6. The Labute approximate surface area is 603 Å². The normalized spacial score (nSPS) is 14.0. The summed E-state index contributed by atoms with van der Waals surface area (Å²) < 4.78 is 33.8. The number of aliphatic hydroxyl groups excluding tert-OH is 3. The molecule has 7 N–H and O–H groups in total. The number of Topliss-reactive ketones (excluding diaryl/α,β-unsaturated/α-hetero) is 3. The van der Waals surface area contributed by atoms with Gasteiger partial charge in [0.05, 0.1) is 93.0 Å². The molecule has 10 aromatic heterocycles. The molecule has 546 valence electrons. The number of pyridine rings is 2. The number of aryl methyl sites for hydroxylation is 9. The topological polar surface area (TPSA) is 402 Å². The summed E-state index contributed by atoms with van der Waals surface area (Å²) in [4.78, 5) is 83.1. The molecule has 12 heterocycles. The quantitative estimate of drug-likeness (QED) is 0.0462. The van der Waals surface area contributed by atoms with Crippen LogP contribution >= 0.6 is 11.3 Å². The zero-order chi connectivity index (χ0) is 76.3. The number of halogens is 1. The van der Waals surface area contributed by atoms with Crippen molar-refractivity contribution in [2.45, 2.75) is 111 Å². The van der Waals surface area contributed by atoms with Crippen LogP contribution in [0.25, 0.3) is 55.6 Å². The molecule has 0 amide bonds. The van der Waals surface area contributed by atoms with Gasteiger partial charge in [-0.1, -0.05) is 32.9 Å². The van der Waals surface area contributed by atoms with Gasteiger partial charge in [-0.05, 0) is 102 Å². The fraction of sp³-hybridized carbons (Fsp3) is 0.352. The molecule has 0 radical (unpaired) electrons. The van der Waals surface area contributed by atoms with Gasteiger partial charge < -0.3 is 45.1 Å². The number of nitrogens with zero attached hydrogens (tertiary/aromatic N) is 17. The standard InChI is InChI=1S/C13H14FN3.C13H17N3O2S.C12H19BN2O4.C12H13N3O2.C11H11N3O2.C10H10N4O2/c14-10-3-1-9(2-4-10)12-8-17-6-5-11(15)7-13(17)16-12;1-13(2,3)10-7-19-12(15-10)8-5-14-16(4)11(8)9(18)6-17;1-11(2)12(3,4)19-13(18-11)8-6-14-15(5)10(8)9(17)7-16;1-8-4-3-5-13-11(8)9-6-14-15(2)12(9)10(17)7-16;1-7-4-3-5-12-9(7)8-6-13-14(2)10(8)11(15)16;1-6-3-12-8(5-11-6)7-4-13-14(2)9(7)10(15)16/h1-4,8,11H,5-7,15H2;5,7,17H,6H2,1-4H3;6,16H,7H2,1-5H3;3-6,16H,7H2,1-2H3;3-6H,1-2H3,(H,15,16);3-5H,1-2H3,(H,15,16). The number of carbonyl (C=O) groups is 5. The van der Waals surface area contributed by atoms with Gasteiger partial charge in [-0.25, -0.2) is 23.9 Å². The van der Waals surface area contributed by atoms with Crippen LogP contribution in [0.15, 0.2) is 116 Å². The highest BCUT2D eigenvalue weighted by Gasteiger charge is 2.53. The number of rotatable bonds is 14. The molecule has 11 aromatic rings. The molecule has 33 heteroatoms. The molecule has 1 saturated heterocycles. The average Bonchev–Trinajstić information content (AvgIpc) is 1.60. The first-order chi connectivity index (χ1) is 49.1. The van der Waals surface area contributed by atoms with Crippen molar-refractivity contribution in [1.29, 1.82) is 0 Å². The number of fused-ring (bicyclic) bond motifs is 1. The van der Waals surface area contributed by atoms with E-state index >= 15 is 0 Å². The summed E-state index contributed by atoms with van der Waals surface area (Å²) in [5.41, 5.74) is 16.6. The number of carboxylic acids is 2. The molecule has 2 aliphatic heterocycles. The Morgan fingerprint density at radius 2 is 1.06 bits per heavy atom. The SMILES string of the molecule is Cc1cccnc1-c1cnn(C)c1C(=O)CO.Cc1cccnc1-c1cnn(C)c1C(=O)O.Cc1cnc(-c2cnn(C)c2C(=O)O)cn1.Cn1ncc(-c2nc(C(C)(C)C)cs2)c1C(=O)CO.Cn1ncc(B2OC(C)(C)C(C)(C)O2)c1C(=O)CO.NC1CCn2cc(-c3ccc(F)cc3)nc2C1. The summed E-state index contributed by atoms with van der Waals surface area (Å²) in [6, 6.07) is 14.1. The van der Waals surface area contributed by atoms with E-state index in [9.17, 15) is 28.4 Å². The maximum atomic E-state index is 12.8. The van der Waals surface area contributed by atoms with Gasteiger partial charge >= 0.3 is 19.1 Å². The van der Waals surface area contributed by atoms with Crippen LogP contribution in [0.1, 0.15) is 136 Å². The van der Waals surface area contributed by atoms with Gasteiger partial charge in [-0.15, -0.1) is 11.3 Å². The lowest BCUT2D eigenvalue weighted by molar-refractivity contribution is 0.00578. The van der Waals surface area contributed by atoms with Gasteiger partial charge in [0.1, 0.15) is 53.6 Å². The fourth-order valence-electron chi connectivity index (χ4n) is 10.8. The van der Waals surface area contributed by atoms with Crippen molar-refractivity contribution in [2.75, 3.05) is 19.8 Å². The zero-order valence-corrected chi connectivity index (χ0v) is 61.2. The van der Waals surface area contributed by atoms with Crippen LogP contribution in [-0.2, 0) is 62.9 Å². The van der Waals surface area contributed by atoms with Crippen molar-refractivity contribution in [3.05, 3.63) is 179 Å². The predicted molar refractivity (Wildman–Crippen MR) is 385 cm³/mol. The minimum absolute atomic E-state index is 0.0297. The highest BCUT2D eigenvalue weighted by molar-refractivity contribution is 7.13. The third-order valence-electron chi connectivity index (χ3n) is 17.1. The van der Waals surface area contributed by atoms with Crippen LogP contribution in [0.4, 0.5) is 4.39 Å². The predicted octanol–water partition coefficient (Wildman–Crippen LogP) is 7.21. The molecule has 0 bridgehead atoms. The van der Waals surface area contributed by atoms with Crippen LogP contribution in [-0.4, -0.2) is 182 Å². The molecule has 2 aliphatic rings. The van der Waals surface area contributed by atoms with Crippen LogP contribution in [0.2, 0.25) is 0 Å². The number of nitrogens with two attached hydrogens (primary N) is 1. The van der Waals surface area contributed by atoms with E-state index in [0.717, 1.165) is 69.7 Å². The minimum Gasteiger partial charge on any atom is -0.477 e. The van der Waals surface area contributed by atoms with E-state index in [1.807, 2.05) is 84.3 Å². The van der Waals surface area contributed by atoms with Gasteiger partial charge in [0.25, 0.3) is 0 Å². The Morgan fingerprint density at radius 3 is 1.54 bits per heavy atom. The second kappa shape index (κ2) is 33.5. The van der Waals surface area contributed by atoms with Crippen molar-refractivity contribution in [1.82, 2.24) is 83.4 Å². The maximum Gasteiger partial charge on any atom is 0.498 e. The molecule has 30 nitrogen and oxygen atoms in total.